The molecule has 0 spiro atoms. The molecule has 142 valence electrons. The maximum Gasteiger partial charge on any atom is 0.411 e. The first-order valence-electron chi connectivity index (χ1n) is 9.54. The summed E-state index contributed by atoms with van der Waals surface area (Å²) in [6.07, 6.45) is -0.540. The molecule has 4 aromatic rings. The molecule has 4 heteroatoms. The molecule has 0 bridgehead atoms. The van der Waals surface area contributed by atoms with Crippen molar-refractivity contribution in [1.29, 1.82) is 0 Å². The van der Waals surface area contributed by atoms with Gasteiger partial charge in [0.25, 0.3) is 0 Å². The summed E-state index contributed by atoms with van der Waals surface area (Å²) in [5, 5.41) is 14.5. The third kappa shape index (κ3) is 3.09. The van der Waals surface area contributed by atoms with Gasteiger partial charge in [0, 0.05) is 23.1 Å². The fourth-order valence-corrected chi connectivity index (χ4v) is 4.11. The monoisotopic (exact) mass is 381 g/mol. The molecule has 29 heavy (non-hydrogen) atoms. The molecule has 2 N–H and O–H groups in total. The molecule has 0 saturated carbocycles. The van der Waals surface area contributed by atoms with Gasteiger partial charge in [0.15, 0.2) is 0 Å². The molecular formula is C25H19NO3. The zero-order valence-electron chi connectivity index (χ0n) is 15.6. The van der Waals surface area contributed by atoms with Gasteiger partial charge < -0.3 is 9.84 Å². The number of amides is 1. The first-order valence-corrected chi connectivity index (χ1v) is 9.54. The van der Waals surface area contributed by atoms with Crippen LogP contribution in [0.2, 0.25) is 0 Å². The Labute approximate surface area is 168 Å². The van der Waals surface area contributed by atoms with Crippen LogP contribution < -0.4 is 5.32 Å². The summed E-state index contributed by atoms with van der Waals surface area (Å²) < 4.78 is 5.56. The van der Waals surface area contributed by atoms with Gasteiger partial charge in [-0.1, -0.05) is 72.8 Å². The summed E-state index contributed by atoms with van der Waals surface area (Å²) >= 11 is 0. The summed E-state index contributed by atoms with van der Waals surface area (Å²) in [6.45, 7) is 0.249. The molecule has 5 rings (SSSR count). The van der Waals surface area contributed by atoms with Crippen molar-refractivity contribution in [2.45, 2.75) is 5.92 Å². The Morgan fingerprint density at radius 2 is 1.48 bits per heavy atom. The normalized spacial score (nSPS) is 12.4. The number of anilines is 1. The van der Waals surface area contributed by atoms with E-state index >= 15 is 0 Å². The Balaban J connectivity index is 1.34. The fraction of sp³-hybridized carbons (Fsp3) is 0.0800. The summed E-state index contributed by atoms with van der Waals surface area (Å²) in [4.78, 5) is 12.4. The van der Waals surface area contributed by atoms with Crippen molar-refractivity contribution in [1.82, 2.24) is 0 Å². The van der Waals surface area contributed by atoms with Crippen LogP contribution in [0.15, 0.2) is 84.9 Å². The third-order valence-electron chi connectivity index (χ3n) is 5.43. The van der Waals surface area contributed by atoms with E-state index in [1.807, 2.05) is 54.6 Å². The standard InChI is InChI=1S/C25H19NO3/c27-24-14-17(13-16-7-1-2-8-18(16)24)26-25(28)29-15-23-21-11-5-3-9-19(21)20-10-4-6-12-22(20)23/h1-14,23,27H,15H2,(H,26,28). The lowest BCUT2D eigenvalue weighted by Gasteiger charge is -2.15. The quantitative estimate of drug-likeness (QED) is 0.464. The summed E-state index contributed by atoms with van der Waals surface area (Å²) in [7, 11) is 0. The number of nitrogens with one attached hydrogen (secondary N) is 1. The van der Waals surface area contributed by atoms with Gasteiger partial charge in [-0.15, -0.1) is 0 Å². The molecule has 0 heterocycles. The Morgan fingerprint density at radius 3 is 2.21 bits per heavy atom. The van der Waals surface area contributed by atoms with E-state index in [9.17, 15) is 9.90 Å². The van der Waals surface area contributed by atoms with Crippen LogP contribution in [0.5, 0.6) is 5.75 Å². The first-order chi connectivity index (χ1) is 14.2. The molecule has 4 aromatic carbocycles. The Bertz CT molecular complexity index is 1190. The van der Waals surface area contributed by atoms with Gasteiger partial charge in [0.2, 0.25) is 0 Å². The number of benzene rings is 4. The summed E-state index contributed by atoms with van der Waals surface area (Å²) in [6, 6.07) is 27.3. The Hall–Kier alpha value is -3.79. The van der Waals surface area contributed by atoms with Crippen molar-refractivity contribution in [2.24, 2.45) is 0 Å². The molecule has 0 unspecified atom stereocenters. The van der Waals surface area contributed by atoms with Crippen molar-refractivity contribution in [3.05, 3.63) is 96.1 Å². The van der Waals surface area contributed by atoms with Gasteiger partial charge in [-0.3, -0.25) is 5.32 Å². The van der Waals surface area contributed by atoms with Crippen LogP contribution >= 0.6 is 0 Å². The van der Waals surface area contributed by atoms with Crippen molar-refractivity contribution in [3.8, 4) is 16.9 Å². The number of carbonyl (C=O) groups is 1. The van der Waals surface area contributed by atoms with Crippen LogP contribution in [0, 0.1) is 0 Å². The highest BCUT2D eigenvalue weighted by atomic mass is 16.5. The van der Waals surface area contributed by atoms with Gasteiger partial charge in [-0.2, -0.15) is 0 Å². The highest BCUT2D eigenvalue weighted by molar-refractivity contribution is 5.94. The average Bonchev–Trinajstić information content (AvgIpc) is 3.06. The number of phenols is 1. The third-order valence-corrected chi connectivity index (χ3v) is 5.43. The zero-order valence-corrected chi connectivity index (χ0v) is 15.6. The van der Waals surface area contributed by atoms with Crippen LogP contribution in [-0.4, -0.2) is 17.8 Å². The number of aromatic hydroxyl groups is 1. The highest BCUT2D eigenvalue weighted by Crippen LogP contribution is 2.44. The van der Waals surface area contributed by atoms with E-state index < -0.39 is 6.09 Å². The minimum atomic E-state index is -0.540. The minimum absolute atomic E-state index is 0.0122. The molecule has 0 atom stereocenters. The fourth-order valence-electron chi connectivity index (χ4n) is 4.11. The van der Waals surface area contributed by atoms with Crippen molar-refractivity contribution in [2.75, 3.05) is 11.9 Å². The second-order valence-electron chi connectivity index (χ2n) is 7.17. The molecule has 0 aliphatic heterocycles. The minimum Gasteiger partial charge on any atom is -0.507 e. The van der Waals surface area contributed by atoms with Crippen molar-refractivity contribution >= 4 is 22.6 Å². The second-order valence-corrected chi connectivity index (χ2v) is 7.17. The van der Waals surface area contributed by atoms with Crippen molar-refractivity contribution in [3.63, 3.8) is 0 Å². The van der Waals surface area contributed by atoms with E-state index in [-0.39, 0.29) is 18.3 Å². The Morgan fingerprint density at radius 1 is 0.862 bits per heavy atom. The van der Waals surface area contributed by atoms with E-state index in [0.29, 0.717) is 5.69 Å². The van der Waals surface area contributed by atoms with Crippen molar-refractivity contribution < 1.29 is 14.6 Å². The molecule has 1 amide bonds. The van der Waals surface area contributed by atoms with Gasteiger partial charge in [0.1, 0.15) is 12.4 Å². The molecule has 1 aliphatic rings. The molecule has 0 saturated heterocycles. The number of phenolic OH excluding ortho intramolecular Hbond substituents is 1. The predicted molar refractivity (Wildman–Crippen MR) is 114 cm³/mol. The average molecular weight is 381 g/mol. The largest absolute Gasteiger partial charge is 0.507 e. The lowest BCUT2D eigenvalue weighted by Crippen LogP contribution is -2.17. The first kappa shape index (κ1) is 17.3. The van der Waals surface area contributed by atoms with E-state index in [1.54, 1.807) is 0 Å². The van der Waals surface area contributed by atoms with E-state index in [1.165, 1.54) is 28.3 Å². The lowest BCUT2D eigenvalue weighted by atomic mass is 9.98. The van der Waals surface area contributed by atoms with E-state index in [2.05, 4.69) is 29.6 Å². The number of hydrogen-bond donors (Lipinski definition) is 2. The van der Waals surface area contributed by atoms with Crippen LogP contribution in [0.4, 0.5) is 10.5 Å². The lowest BCUT2D eigenvalue weighted by molar-refractivity contribution is 0.158. The van der Waals surface area contributed by atoms with Crippen LogP contribution in [-0.2, 0) is 4.74 Å². The molecular weight excluding hydrogens is 362 g/mol. The number of rotatable bonds is 3. The maximum atomic E-state index is 12.4. The van der Waals surface area contributed by atoms with Crippen LogP contribution in [0.25, 0.3) is 21.9 Å². The number of fused-ring (bicyclic) bond motifs is 4. The summed E-state index contributed by atoms with van der Waals surface area (Å²) in [5.74, 6) is 0.134. The van der Waals surface area contributed by atoms with Crippen LogP contribution in [0.1, 0.15) is 17.0 Å². The summed E-state index contributed by atoms with van der Waals surface area (Å²) in [5.41, 5.74) is 5.22. The topological polar surface area (TPSA) is 58.6 Å². The molecule has 0 radical (unpaired) electrons. The zero-order chi connectivity index (χ0) is 19.8. The van der Waals surface area contributed by atoms with E-state index in [0.717, 1.165) is 10.8 Å². The van der Waals surface area contributed by atoms with Gasteiger partial charge in [0.05, 0.1) is 0 Å². The van der Waals surface area contributed by atoms with Crippen LogP contribution in [0.3, 0.4) is 0 Å². The predicted octanol–water partition coefficient (Wildman–Crippen LogP) is 5.91. The maximum absolute atomic E-state index is 12.4. The Kier molecular flexibility index (Phi) is 4.17. The molecule has 0 fully saturated rings. The highest BCUT2D eigenvalue weighted by Gasteiger charge is 2.29. The number of carbonyl (C=O) groups excluding carboxylic acids is 1. The van der Waals surface area contributed by atoms with Gasteiger partial charge in [-0.25, -0.2) is 4.79 Å². The van der Waals surface area contributed by atoms with E-state index in [4.69, 9.17) is 4.74 Å². The number of hydrogen-bond acceptors (Lipinski definition) is 3. The van der Waals surface area contributed by atoms with Gasteiger partial charge >= 0.3 is 6.09 Å². The molecule has 4 nitrogen and oxygen atoms in total. The number of ether oxygens (including phenoxy) is 1. The molecule has 1 aliphatic carbocycles. The smallest absolute Gasteiger partial charge is 0.411 e. The second kappa shape index (κ2) is 6.99. The SMILES string of the molecule is O=C(Nc1cc(O)c2ccccc2c1)OCC1c2ccccc2-c2ccccc21. The molecule has 0 aromatic heterocycles. The van der Waals surface area contributed by atoms with Gasteiger partial charge in [-0.05, 0) is 33.7 Å².